The Morgan fingerprint density at radius 2 is 1.81 bits per heavy atom. The van der Waals surface area contributed by atoms with Crippen LogP contribution in [0.2, 0.25) is 0 Å². The predicted molar refractivity (Wildman–Crippen MR) is 128 cm³/mol. The summed E-state index contributed by atoms with van der Waals surface area (Å²) in [5.74, 6) is 0.733. The predicted octanol–water partition coefficient (Wildman–Crippen LogP) is 4.54. The van der Waals surface area contributed by atoms with Gasteiger partial charge >= 0.3 is 6.03 Å². The normalized spacial score (nSPS) is 15.2. The summed E-state index contributed by atoms with van der Waals surface area (Å²) >= 11 is 0. The number of nitrogens with zero attached hydrogens (tertiary/aromatic N) is 1. The quantitative estimate of drug-likeness (QED) is 0.376. The molecule has 0 bridgehead atoms. The number of benzene rings is 3. The minimum Gasteiger partial charge on any atom is -0.489 e. The van der Waals surface area contributed by atoms with E-state index in [9.17, 15) is 4.79 Å². The molecule has 0 saturated heterocycles. The Hall–Kier alpha value is -3.97. The molecule has 1 aliphatic rings. The van der Waals surface area contributed by atoms with Crippen LogP contribution in [0.5, 0.6) is 5.75 Å². The highest BCUT2D eigenvalue weighted by Crippen LogP contribution is 2.37. The minimum absolute atomic E-state index is 0.0905. The number of hydrogen-bond acceptors (Lipinski definition) is 4. The van der Waals surface area contributed by atoms with Crippen LogP contribution in [-0.2, 0) is 6.54 Å². The van der Waals surface area contributed by atoms with Crippen molar-refractivity contribution in [2.75, 3.05) is 28.7 Å². The SMILES string of the molecule is NCC1COc2cc(NC(=O)Nc3ccc4cc[nH]c4c3)ccc2N1Cc1ccccc1. The van der Waals surface area contributed by atoms with E-state index in [4.69, 9.17) is 10.5 Å². The van der Waals surface area contributed by atoms with E-state index in [1.165, 1.54) is 5.56 Å². The molecule has 0 aliphatic carbocycles. The van der Waals surface area contributed by atoms with E-state index in [0.717, 1.165) is 28.9 Å². The number of hydrogen-bond donors (Lipinski definition) is 4. The second kappa shape index (κ2) is 8.64. The first-order valence-electron chi connectivity index (χ1n) is 10.6. The standard InChI is InChI=1S/C25H25N5O2/c26-14-21-16-32-24-13-20(8-9-23(24)30(21)15-17-4-2-1-3-5-17)29-25(31)28-19-7-6-18-10-11-27-22(18)12-19/h1-13,21,27H,14-16,26H2,(H2,28,29,31). The largest absolute Gasteiger partial charge is 0.489 e. The summed E-state index contributed by atoms with van der Waals surface area (Å²) in [6.07, 6.45) is 1.87. The van der Waals surface area contributed by atoms with Gasteiger partial charge in [0.15, 0.2) is 0 Å². The van der Waals surface area contributed by atoms with Crippen molar-refractivity contribution in [1.82, 2.24) is 4.98 Å². The number of aromatic amines is 1. The molecular weight excluding hydrogens is 402 g/mol. The van der Waals surface area contributed by atoms with E-state index >= 15 is 0 Å². The maximum atomic E-state index is 12.5. The zero-order valence-electron chi connectivity index (χ0n) is 17.5. The van der Waals surface area contributed by atoms with Crippen molar-refractivity contribution in [3.8, 4) is 5.75 Å². The van der Waals surface area contributed by atoms with Crippen LogP contribution in [0.4, 0.5) is 21.9 Å². The molecule has 0 saturated carbocycles. The highest BCUT2D eigenvalue weighted by atomic mass is 16.5. The number of aromatic nitrogens is 1. The molecule has 0 spiro atoms. The van der Waals surface area contributed by atoms with E-state index in [2.05, 4.69) is 32.7 Å². The number of carbonyl (C=O) groups excluding carboxylic acids is 1. The van der Waals surface area contributed by atoms with Crippen molar-refractivity contribution in [2.45, 2.75) is 12.6 Å². The average molecular weight is 428 g/mol. The molecule has 32 heavy (non-hydrogen) atoms. The Labute approximate surface area is 186 Å². The molecule has 7 nitrogen and oxygen atoms in total. The van der Waals surface area contributed by atoms with E-state index in [-0.39, 0.29) is 12.1 Å². The summed E-state index contributed by atoms with van der Waals surface area (Å²) in [4.78, 5) is 17.9. The van der Waals surface area contributed by atoms with Gasteiger partial charge in [0.25, 0.3) is 0 Å². The van der Waals surface area contributed by atoms with Gasteiger partial charge in [-0.3, -0.25) is 0 Å². The van der Waals surface area contributed by atoms with Crippen molar-refractivity contribution in [3.63, 3.8) is 0 Å². The number of carbonyl (C=O) groups is 1. The molecule has 5 N–H and O–H groups in total. The lowest BCUT2D eigenvalue weighted by Gasteiger charge is -2.38. The highest BCUT2D eigenvalue weighted by molar-refractivity contribution is 6.01. The number of rotatable bonds is 5. The van der Waals surface area contributed by atoms with Crippen LogP contribution in [0.15, 0.2) is 79.0 Å². The van der Waals surface area contributed by atoms with Crippen LogP contribution >= 0.6 is 0 Å². The van der Waals surface area contributed by atoms with Gasteiger partial charge in [0, 0.05) is 42.2 Å². The average Bonchev–Trinajstić information content (AvgIpc) is 3.28. The summed E-state index contributed by atoms with van der Waals surface area (Å²) < 4.78 is 5.98. The maximum Gasteiger partial charge on any atom is 0.323 e. The molecule has 7 heteroatoms. The molecule has 1 unspecified atom stereocenters. The highest BCUT2D eigenvalue weighted by Gasteiger charge is 2.27. The molecule has 2 heterocycles. The van der Waals surface area contributed by atoms with Crippen LogP contribution in [-0.4, -0.2) is 30.2 Å². The zero-order chi connectivity index (χ0) is 21.9. The summed E-state index contributed by atoms with van der Waals surface area (Å²) in [6.45, 7) is 1.75. The number of nitrogens with two attached hydrogens (primary N) is 1. The topological polar surface area (TPSA) is 95.4 Å². The fourth-order valence-corrected chi connectivity index (χ4v) is 4.03. The van der Waals surface area contributed by atoms with Crippen LogP contribution in [0.1, 0.15) is 5.56 Å². The van der Waals surface area contributed by atoms with Crippen molar-refractivity contribution in [2.24, 2.45) is 5.73 Å². The summed E-state index contributed by atoms with van der Waals surface area (Å²) in [7, 11) is 0. The third-order valence-electron chi connectivity index (χ3n) is 5.68. The Morgan fingerprint density at radius 3 is 2.62 bits per heavy atom. The molecule has 1 atom stereocenters. The number of H-pyrrole nitrogens is 1. The van der Waals surface area contributed by atoms with Crippen LogP contribution in [0, 0.1) is 0 Å². The Morgan fingerprint density at radius 1 is 1.03 bits per heavy atom. The Kier molecular flexibility index (Phi) is 5.39. The molecule has 0 fully saturated rings. The maximum absolute atomic E-state index is 12.5. The van der Waals surface area contributed by atoms with Gasteiger partial charge in [0.2, 0.25) is 0 Å². The van der Waals surface area contributed by atoms with Crippen molar-refractivity contribution in [3.05, 3.63) is 84.6 Å². The number of ether oxygens (including phenoxy) is 1. The van der Waals surface area contributed by atoms with Crippen LogP contribution in [0.25, 0.3) is 10.9 Å². The molecule has 1 aromatic heterocycles. The monoisotopic (exact) mass is 427 g/mol. The van der Waals surface area contributed by atoms with E-state index in [1.807, 2.05) is 66.9 Å². The molecule has 2 amide bonds. The van der Waals surface area contributed by atoms with Gasteiger partial charge in [0.1, 0.15) is 12.4 Å². The van der Waals surface area contributed by atoms with Gasteiger partial charge in [-0.05, 0) is 41.3 Å². The molecule has 1 aliphatic heterocycles. The van der Waals surface area contributed by atoms with Crippen molar-refractivity contribution < 1.29 is 9.53 Å². The number of fused-ring (bicyclic) bond motifs is 2. The minimum atomic E-state index is -0.312. The first-order chi connectivity index (χ1) is 15.7. The smallest absolute Gasteiger partial charge is 0.323 e. The van der Waals surface area contributed by atoms with Gasteiger partial charge < -0.3 is 31.0 Å². The lowest BCUT2D eigenvalue weighted by Crippen LogP contribution is -2.47. The zero-order valence-corrected chi connectivity index (χ0v) is 17.5. The van der Waals surface area contributed by atoms with Crippen LogP contribution < -0.4 is 26.0 Å². The first kappa shape index (κ1) is 20.0. The Balaban J connectivity index is 1.31. The van der Waals surface area contributed by atoms with Gasteiger partial charge in [-0.25, -0.2) is 4.79 Å². The second-order valence-corrected chi connectivity index (χ2v) is 7.86. The summed E-state index contributed by atoms with van der Waals surface area (Å²) in [5.41, 5.74) is 10.5. The molecule has 3 aromatic carbocycles. The van der Waals surface area contributed by atoms with E-state index in [1.54, 1.807) is 0 Å². The van der Waals surface area contributed by atoms with Gasteiger partial charge in [-0.2, -0.15) is 0 Å². The van der Waals surface area contributed by atoms with Gasteiger partial charge in [-0.15, -0.1) is 0 Å². The number of nitrogens with one attached hydrogen (secondary N) is 3. The summed E-state index contributed by atoms with van der Waals surface area (Å²) in [5, 5.41) is 6.86. The molecular formula is C25H25N5O2. The molecule has 4 aromatic rings. The van der Waals surface area contributed by atoms with Gasteiger partial charge in [0.05, 0.1) is 11.7 Å². The fraction of sp³-hybridized carbons (Fsp3) is 0.160. The van der Waals surface area contributed by atoms with Crippen molar-refractivity contribution in [1.29, 1.82) is 0 Å². The third kappa shape index (κ3) is 4.10. The van der Waals surface area contributed by atoms with Crippen LogP contribution in [0.3, 0.4) is 0 Å². The molecule has 162 valence electrons. The molecule has 0 radical (unpaired) electrons. The number of amides is 2. The fourth-order valence-electron chi connectivity index (χ4n) is 4.03. The third-order valence-corrected chi connectivity index (χ3v) is 5.68. The Bertz CT molecular complexity index is 1240. The lowest BCUT2D eigenvalue weighted by atomic mass is 10.1. The van der Waals surface area contributed by atoms with E-state index in [0.29, 0.717) is 24.5 Å². The summed E-state index contributed by atoms with van der Waals surface area (Å²) in [6, 6.07) is 23.5. The van der Waals surface area contributed by atoms with Crippen molar-refractivity contribution >= 4 is 34.0 Å². The number of anilines is 3. The second-order valence-electron chi connectivity index (χ2n) is 7.86. The van der Waals surface area contributed by atoms with Gasteiger partial charge in [-0.1, -0.05) is 36.4 Å². The lowest BCUT2D eigenvalue weighted by molar-refractivity contribution is 0.261. The van der Waals surface area contributed by atoms with E-state index < -0.39 is 0 Å². The number of urea groups is 1. The first-order valence-corrected chi connectivity index (χ1v) is 10.6. The molecule has 5 rings (SSSR count).